The Hall–Kier alpha value is -0.900. The molecule has 0 saturated heterocycles. The maximum Gasteiger partial charge on any atom is 0.156 e. The Morgan fingerprint density at radius 3 is 2.62 bits per heavy atom. The second-order valence-electron chi connectivity index (χ2n) is 10.7. The fraction of sp³-hybridized carbons (Fsp3) is 0.800. The summed E-state index contributed by atoms with van der Waals surface area (Å²) >= 11 is 0. The van der Waals surface area contributed by atoms with Crippen LogP contribution in [0.1, 0.15) is 78.6 Å². The average Bonchev–Trinajstić information content (AvgIpc) is 3.02. The molecule has 0 aromatic heterocycles. The molecule has 0 heterocycles. The van der Waals surface area contributed by atoms with Crippen molar-refractivity contribution in [2.75, 3.05) is 11.5 Å². The fourth-order valence-electron chi connectivity index (χ4n) is 7.37. The van der Waals surface area contributed by atoms with Gasteiger partial charge in [0.25, 0.3) is 0 Å². The number of hydrogen-bond donors (Lipinski definition) is 0. The van der Waals surface area contributed by atoms with Gasteiger partial charge in [0.15, 0.2) is 5.78 Å². The second-order valence-corrected chi connectivity index (χ2v) is 13.0. The van der Waals surface area contributed by atoms with Crippen molar-refractivity contribution in [1.82, 2.24) is 0 Å². The van der Waals surface area contributed by atoms with Crippen molar-refractivity contribution >= 4 is 15.6 Å². The molecule has 2 fully saturated rings. The van der Waals surface area contributed by atoms with E-state index in [1.165, 1.54) is 31.3 Å². The Balaban J connectivity index is 1.51. The Morgan fingerprint density at radius 2 is 1.86 bits per heavy atom. The monoisotopic (exact) mass is 418 g/mol. The predicted octanol–water partition coefficient (Wildman–Crippen LogP) is 5.52. The van der Waals surface area contributed by atoms with E-state index in [4.69, 9.17) is 0 Å². The van der Waals surface area contributed by atoms with E-state index in [1.54, 1.807) is 0 Å². The van der Waals surface area contributed by atoms with Crippen LogP contribution in [-0.2, 0) is 14.6 Å². The summed E-state index contributed by atoms with van der Waals surface area (Å²) in [6.07, 6.45) is 15.7. The van der Waals surface area contributed by atoms with E-state index in [-0.39, 0.29) is 16.6 Å². The lowest BCUT2D eigenvalue weighted by Crippen LogP contribution is -2.49. The molecule has 0 N–H and O–H groups in total. The van der Waals surface area contributed by atoms with Crippen molar-refractivity contribution in [2.45, 2.75) is 78.6 Å². The first-order chi connectivity index (χ1) is 13.7. The SMILES string of the molecule is CCCCS(=O)(=O)CC[C@H]1CC[C@H]2[C@@H]3C=CC4=CC(=O)CC[C@]4(C)[C@H]3CC[C@]12C. The van der Waals surface area contributed by atoms with Gasteiger partial charge in [-0.25, -0.2) is 8.42 Å². The zero-order chi connectivity index (χ0) is 20.9. The van der Waals surface area contributed by atoms with Gasteiger partial charge in [-0.05, 0) is 91.1 Å². The summed E-state index contributed by atoms with van der Waals surface area (Å²) in [7, 11) is -2.90. The molecule has 4 aliphatic rings. The molecule has 0 radical (unpaired) electrons. The Labute approximate surface area is 177 Å². The van der Waals surface area contributed by atoms with E-state index in [0.29, 0.717) is 41.6 Å². The molecule has 4 heteroatoms. The molecular weight excluding hydrogens is 380 g/mol. The number of ketones is 1. The van der Waals surface area contributed by atoms with E-state index < -0.39 is 9.84 Å². The number of hydrogen-bond acceptors (Lipinski definition) is 3. The third-order valence-corrected chi connectivity index (χ3v) is 11.1. The lowest BCUT2D eigenvalue weighted by Gasteiger charge is -2.56. The van der Waals surface area contributed by atoms with Gasteiger partial charge in [0.2, 0.25) is 0 Å². The van der Waals surface area contributed by atoms with Crippen molar-refractivity contribution < 1.29 is 13.2 Å². The van der Waals surface area contributed by atoms with Gasteiger partial charge in [-0.2, -0.15) is 0 Å². The highest BCUT2D eigenvalue weighted by molar-refractivity contribution is 7.91. The first-order valence-corrected chi connectivity index (χ1v) is 13.7. The molecule has 0 bridgehead atoms. The third-order valence-electron chi connectivity index (χ3n) is 9.30. The molecule has 0 aromatic carbocycles. The van der Waals surface area contributed by atoms with Crippen LogP contribution in [0.3, 0.4) is 0 Å². The Morgan fingerprint density at radius 1 is 1.07 bits per heavy atom. The predicted molar refractivity (Wildman–Crippen MR) is 118 cm³/mol. The lowest BCUT2D eigenvalue weighted by molar-refractivity contribution is -0.116. The molecule has 0 spiro atoms. The molecule has 0 unspecified atom stereocenters. The molecule has 6 atom stereocenters. The Bertz CT molecular complexity index is 823. The molecule has 29 heavy (non-hydrogen) atoms. The third kappa shape index (κ3) is 3.68. The number of carbonyl (C=O) groups is 1. The summed E-state index contributed by atoms with van der Waals surface area (Å²) in [6.45, 7) is 6.90. The summed E-state index contributed by atoms with van der Waals surface area (Å²) in [5.74, 6) is 3.44. The van der Waals surface area contributed by atoms with Crippen LogP contribution >= 0.6 is 0 Å². The zero-order valence-corrected chi connectivity index (χ0v) is 19.3. The zero-order valence-electron chi connectivity index (χ0n) is 18.5. The lowest BCUT2D eigenvalue weighted by atomic mass is 9.48. The highest BCUT2D eigenvalue weighted by atomic mass is 32.2. The molecular formula is C25H38O3S. The first kappa shape index (κ1) is 21.3. The van der Waals surface area contributed by atoms with Crippen LogP contribution in [0.2, 0.25) is 0 Å². The number of rotatable bonds is 6. The van der Waals surface area contributed by atoms with E-state index >= 15 is 0 Å². The van der Waals surface area contributed by atoms with Gasteiger partial charge in [-0.1, -0.05) is 39.3 Å². The van der Waals surface area contributed by atoms with Crippen LogP contribution in [0.4, 0.5) is 0 Å². The van der Waals surface area contributed by atoms with Crippen LogP contribution < -0.4 is 0 Å². The molecule has 2 saturated carbocycles. The van der Waals surface area contributed by atoms with Gasteiger partial charge >= 0.3 is 0 Å². The first-order valence-electron chi connectivity index (χ1n) is 11.8. The van der Waals surface area contributed by atoms with Crippen LogP contribution in [0.15, 0.2) is 23.8 Å². The highest BCUT2D eigenvalue weighted by Crippen LogP contribution is 2.65. The van der Waals surface area contributed by atoms with Crippen molar-refractivity contribution in [3.63, 3.8) is 0 Å². The smallest absolute Gasteiger partial charge is 0.156 e. The fourth-order valence-corrected chi connectivity index (χ4v) is 8.94. The molecule has 4 aliphatic carbocycles. The maximum absolute atomic E-state index is 12.4. The van der Waals surface area contributed by atoms with Gasteiger partial charge < -0.3 is 0 Å². The molecule has 4 rings (SSSR count). The van der Waals surface area contributed by atoms with Crippen LogP contribution in [-0.4, -0.2) is 25.7 Å². The van der Waals surface area contributed by atoms with Gasteiger partial charge in [0, 0.05) is 6.42 Å². The molecule has 162 valence electrons. The standard InChI is InChI=1S/C25H38O3S/c1-4-5-15-29(27,28)16-12-18-7-9-22-21-8-6-19-17-20(26)10-13-25(19,3)23(21)11-14-24(18,22)2/h6,8,17-18,21-23H,4-5,7,9-16H2,1-3H3/t18-,21+,22+,23+,24-,25+/m1/s1. The van der Waals surface area contributed by atoms with Crippen LogP contribution in [0.25, 0.3) is 0 Å². The quantitative estimate of drug-likeness (QED) is 0.571. The molecule has 0 aromatic rings. The van der Waals surface area contributed by atoms with Gasteiger partial charge in [0.05, 0.1) is 11.5 Å². The van der Waals surface area contributed by atoms with Crippen molar-refractivity contribution in [1.29, 1.82) is 0 Å². The van der Waals surface area contributed by atoms with E-state index in [9.17, 15) is 13.2 Å². The number of allylic oxidation sites excluding steroid dienone is 4. The van der Waals surface area contributed by atoms with Crippen molar-refractivity contribution in [2.24, 2.45) is 34.5 Å². The Kier molecular flexibility index (Phi) is 5.63. The average molecular weight is 419 g/mol. The van der Waals surface area contributed by atoms with Gasteiger partial charge in [-0.3, -0.25) is 4.79 Å². The number of unbranched alkanes of at least 4 members (excludes halogenated alkanes) is 1. The van der Waals surface area contributed by atoms with Crippen LogP contribution in [0, 0.1) is 34.5 Å². The summed E-state index contributed by atoms with van der Waals surface area (Å²) in [5.41, 5.74) is 1.68. The van der Waals surface area contributed by atoms with E-state index in [1.807, 2.05) is 6.08 Å². The molecule has 0 amide bonds. The summed E-state index contributed by atoms with van der Waals surface area (Å²) < 4.78 is 24.8. The highest BCUT2D eigenvalue weighted by Gasteiger charge is 2.57. The van der Waals surface area contributed by atoms with Gasteiger partial charge in [-0.15, -0.1) is 0 Å². The minimum absolute atomic E-state index is 0.149. The molecule has 0 aliphatic heterocycles. The van der Waals surface area contributed by atoms with Crippen molar-refractivity contribution in [3.05, 3.63) is 23.8 Å². The minimum atomic E-state index is -2.90. The molecule has 3 nitrogen and oxygen atoms in total. The normalized spacial score (nSPS) is 41.5. The summed E-state index contributed by atoms with van der Waals surface area (Å²) in [5, 5.41) is 0. The number of sulfone groups is 1. The summed E-state index contributed by atoms with van der Waals surface area (Å²) in [4.78, 5) is 12.0. The van der Waals surface area contributed by atoms with Crippen LogP contribution in [0.5, 0.6) is 0 Å². The largest absolute Gasteiger partial charge is 0.295 e. The number of fused-ring (bicyclic) bond motifs is 5. The topological polar surface area (TPSA) is 51.2 Å². The van der Waals surface area contributed by atoms with Gasteiger partial charge in [0.1, 0.15) is 9.84 Å². The minimum Gasteiger partial charge on any atom is -0.295 e. The van der Waals surface area contributed by atoms with E-state index in [0.717, 1.165) is 25.7 Å². The van der Waals surface area contributed by atoms with Crippen molar-refractivity contribution in [3.8, 4) is 0 Å². The van der Waals surface area contributed by atoms with E-state index in [2.05, 4.69) is 32.9 Å². The summed E-state index contributed by atoms with van der Waals surface area (Å²) in [6, 6.07) is 0. The maximum atomic E-state index is 12.4. The number of carbonyl (C=O) groups excluding carboxylic acids is 1. The second kappa shape index (κ2) is 7.66.